The van der Waals surface area contributed by atoms with Crippen LogP contribution in [-0.2, 0) is 42.8 Å². The molecule has 1 rings (SSSR count). The van der Waals surface area contributed by atoms with Crippen molar-refractivity contribution in [1.29, 1.82) is 0 Å². The third kappa shape index (κ3) is 7.33. The second kappa shape index (κ2) is 12.9. The molecule has 0 radical (unpaired) electrons. The van der Waals surface area contributed by atoms with Crippen LogP contribution in [0.4, 0.5) is 0 Å². The highest BCUT2D eigenvalue weighted by Gasteiger charge is 2.47. The number of ether oxygens (including phenoxy) is 6. The first-order valence-corrected chi connectivity index (χ1v) is 8.51. The van der Waals surface area contributed by atoms with Gasteiger partial charge in [0.1, 0.15) is 43.2 Å². The van der Waals surface area contributed by atoms with Gasteiger partial charge < -0.3 is 53.6 Å². The molecule has 0 bridgehead atoms. The highest BCUT2D eigenvalue weighted by atomic mass is 16.7. The van der Waals surface area contributed by atoms with Crippen molar-refractivity contribution in [1.82, 2.24) is 0 Å². The van der Waals surface area contributed by atoms with Crippen LogP contribution in [-0.4, -0.2) is 122 Å². The summed E-state index contributed by atoms with van der Waals surface area (Å²) in [7, 11) is 2.40. The zero-order valence-corrected chi connectivity index (χ0v) is 15.9. The lowest BCUT2D eigenvalue weighted by Gasteiger charge is -2.42. The van der Waals surface area contributed by atoms with E-state index < -0.39 is 68.4 Å². The number of carbonyl (C=O) groups is 3. The summed E-state index contributed by atoms with van der Waals surface area (Å²) in [6, 6.07) is 0. The normalized spacial score (nSPS) is 30.3. The largest absolute Gasteiger partial charge is 0.480 e. The number of hydrogen-bond donors (Lipinski definition) is 4. The quantitative estimate of drug-likeness (QED) is 0.160. The summed E-state index contributed by atoms with van der Waals surface area (Å²) in [4.78, 5) is 33.0. The predicted octanol–water partition coefficient (Wildman–Crippen LogP) is -3.32. The van der Waals surface area contributed by atoms with Crippen LogP contribution in [0.5, 0.6) is 0 Å². The summed E-state index contributed by atoms with van der Waals surface area (Å²) in [6.45, 7) is -1.74. The molecule has 13 heteroatoms. The van der Waals surface area contributed by atoms with Crippen LogP contribution in [0.15, 0.2) is 0 Å². The molecule has 4 N–H and O–H groups in total. The minimum absolute atomic E-state index is 0.191. The van der Waals surface area contributed by atoms with E-state index in [1.807, 2.05) is 0 Å². The fourth-order valence-electron chi connectivity index (χ4n) is 2.61. The Hall–Kier alpha value is -1.55. The van der Waals surface area contributed by atoms with Gasteiger partial charge in [-0.05, 0) is 0 Å². The molecule has 0 aromatic rings. The first-order valence-electron chi connectivity index (χ1n) is 8.51. The van der Waals surface area contributed by atoms with Gasteiger partial charge >= 0.3 is 5.97 Å². The summed E-state index contributed by atoms with van der Waals surface area (Å²) in [5, 5.41) is 38.4. The van der Waals surface area contributed by atoms with Crippen molar-refractivity contribution >= 4 is 18.5 Å². The average molecular weight is 426 g/mol. The smallest absolute Gasteiger partial charge is 0.329 e. The van der Waals surface area contributed by atoms with Gasteiger partial charge in [0.15, 0.2) is 18.9 Å². The lowest BCUT2D eigenvalue weighted by molar-refractivity contribution is -0.322. The maximum absolute atomic E-state index is 11.4. The van der Waals surface area contributed by atoms with Gasteiger partial charge in [-0.1, -0.05) is 0 Å². The number of carbonyl (C=O) groups excluding carboxylic acids is 2. The number of aldehydes is 2. The summed E-state index contributed by atoms with van der Waals surface area (Å²) >= 11 is 0. The van der Waals surface area contributed by atoms with Gasteiger partial charge in [-0.25, -0.2) is 4.79 Å². The summed E-state index contributed by atoms with van der Waals surface area (Å²) < 4.78 is 30.7. The van der Waals surface area contributed by atoms with Crippen molar-refractivity contribution in [2.45, 2.75) is 49.2 Å². The molecule has 0 amide bonds. The minimum atomic E-state index is -1.69. The molecule has 168 valence electrons. The molecule has 0 unspecified atom stereocenters. The Labute approximate surface area is 166 Å². The van der Waals surface area contributed by atoms with Crippen LogP contribution in [0.2, 0.25) is 0 Å². The Balaban J connectivity index is 2.92. The molecule has 1 aliphatic heterocycles. The second-order valence-electron chi connectivity index (χ2n) is 5.97. The van der Waals surface area contributed by atoms with E-state index in [-0.39, 0.29) is 12.9 Å². The highest BCUT2D eigenvalue weighted by Crippen LogP contribution is 2.26. The van der Waals surface area contributed by atoms with Crippen LogP contribution >= 0.6 is 0 Å². The van der Waals surface area contributed by atoms with Crippen molar-refractivity contribution in [2.24, 2.45) is 0 Å². The van der Waals surface area contributed by atoms with E-state index >= 15 is 0 Å². The van der Waals surface area contributed by atoms with E-state index in [9.17, 15) is 29.7 Å². The number of aliphatic carboxylic acids is 1. The number of hydrogen-bond acceptors (Lipinski definition) is 12. The lowest BCUT2D eigenvalue weighted by Crippen LogP contribution is -2.61. The molecule has 0 aromatic carbocycles. The molecule has 1 heterocycles. The Morgan fingerprint density at radius 3 is 2.34 bits per heavy atom. The first-order chi connectivity index (χ1) is 13.8. The molecule has 0 aliphatic carbocycles. The topological polar surface area (TPSA) is 188 Å². The van der Waals surface area contributed by atoms with Gasteiger partial charge in [0.05, 0.1) is 13.2 Å². The second-order valence-corrected chi connectivity index (χ2v) is 5.97. The monoisotopic (exact) mass is 426 g/mol. The molecule has 13 nitrogen and oxygen atoms in total. The van der Waals surface area contributed by atoms with Crippen LogP contribution in [0.1, 0.15) is 0 Å². The fraction of sp³-hybridized carbons (Fsp3) is 0.812. The number of aliphatic hydroxyl groups excluding tert-OH is 3. The van der Waals surface area contributed by atoms with E-state index in [0.29, 0.717) is 6.29 Å². The zero-order chi connectivity index (χ0) is 22.0. The predicted molar refractivity (Wildman–Crippen MR) is 89.7 cm³/mol. The molecule has 0 spiro atoms. The maximum Gasteiger partial charge on any atom is 0.329 e. The molecular formula is C16H26O13. The molecule has 1 fully saturated rings. The number of rotatable bonds is 14. The molecule has 1 saturated heterocycles. The van der Waals surface area contributed by atoms with E-state index in [2.05, 4.69) is 0 Å². The standard InChI is InChI=1S/C16H26O13/c1-24-8(3-17)9(4-18)27-12(5-19)29-15-10(6-26-7-11(20)21)28-16(25-2)14(23)13(15)22/h3,5,8-10,12-16,18,22-23H,4,6-7H2,1-2H3,(H,20,21)/t8-,9+,10+,12-,13+,14+,15+,16+/m0/s1. The molecule has 0 aromatic heterocycles. The Kier molecular flexibility index (Phi) is 11.3. The molecule has 29 heavy (non-hydrogen) atoms. The summed E-state index contributed by atoms with van der Waals surface area (Å²) in [5.74, 6) is -1.25. The minimum Gasteiger partial charge on any atom is -0.480 e. The Morgan fingerprint density at radius 2 is 1.86 bits per heavy atom. The van der Waals surface area contributed by atoms with Crippen molar-refractivity contribution in [2.75, 3.05) is 34.0 Å². The van der Waals surface area contributed by atoms with Gasteiger partial charge in [-0.15, -0.1) is 0 Å². The van der Waals surface area contributed by atoms with E-state index in [1.54, 1.807) is 0 Å². The van der Waals surface area contributed by atoms with E-state index in [0.717, 1.165) is 0 Å². The van der Waals surface area contributed by atoms with Crippen LogP contribution < -0.4 is 0 Å². The van der Waals surface area contributed by atoms with Gasteiger partial charge in [-0.3, -0.25) is 4.79 Å². The van der Waals surface area contributed by atoms with Gasteiger partial charge in [0.25, 0.3) is 0 Å². The third-order valence-corrected chi connectivity index (χ3v) is 4.04. The maximum atomic E-state index is 11.4. The number of aliphatic hydroxyl groups is 3. The van der Waals surface area contributed by atoms with Crippen LogP contribution in [0.25, 0.3) is 0 Å². The van der Waals surface area contributed by atoms with Crippen molar-refractivity contribution in [3.63, 3.8) is 0 Å². The SMILES string of the molecule is CO[C@@H]1O[C@H](COCC(=O)O)[C@@H](O[C@@H](C=O)O[C@H](CO)[C@H](C=O)OC)[C@H](O)[C@H]1O. The van der Waals surface area contributed by atoms with Crippen molar-refractivity contribution in [3.05, 3.63) is 0 Å². The fourth-order valence-corrected chi connectivity index (χ4v) is 2.61. The first kappa shape index (κ1) is 25.5. The van der Waals surface area contributed by atoms with Crippen molar-refractivity contribution < 1.29 is 63.2 Å². The molecule has 1 aliphatic rings. The number of carboxylic acid groups (broad SMARTS) is 1. The van der Waals surface area contributed by atoms with Crippen molar-refractivity contribution in [3.8, 4) is 0 Å². The summed E-state index contributed by atoms with van der Waals surface area (Å²) in [5.41, 5.74) is 0. The van der Waals surface area contributed by atoms with E-state index in [1.165, 1.54) is 14.2 Å². The highest BCUT2D eigenvalue weighted by molar-refractivity contribution is 5.68. The van der Waals surface area contributed by atoms with Crippen LogP contribution in [0.3, 0.4) is 0 Å². The lowest BCUT2D eigenvalue weighted by atomic mass is 9.99. The number of methoxy groups -OCH3 is 2. The van der Waals surface area contributed by atoms with Gasteiger partial charge in [0.2, 0.25) is 6.29 Å². The van der Waals surface area contributed by atoms with Gasteiger partial charge in [0, 0.05) is 14.2 Å². The number of carboxylic acids is 1. The Bertz CT molecular complexity index is 515. The zero-order valence-electron chi connectivity index (χ0n) is 15.9. The summed E-state index contributed by atoms with van der Waals surface area (Å²) in [6.07, 6.45) is -10.6. The average Bonchev–Trinajstić information content (AvgIpc) is 2.71. The third-order valence-electron chi connectivity index (χ3n) is 4.04. The molecule has 8 atom stereocenters. The Morgan fingerprint density at radius 1 is 1.17 bits per heavy atom. The molecular weight excluding hydrogens is 400 g/mol. The molecule has 0 saturated carbocycles. The van der Waals surface area contributed by atoms with Gasteiger partial charge in [-0.2, -0.15) is 0 Å². The van der Waals surface area contributed by atoms with E-state index in [4.69, 9.17) is 33.5 Å². The van der Waals surface area contributed by atoms with Crippen LogP contribution in [0, 0.1) is 0 Å².